The van der Waals surface area contributed by atoms with Gasteiger partial charge in [-0.05, 0) is 37.2 Å². The van der Waals surface area contributed by atoms with Gasteiger partial charge >= 0.3 is 0 Å². The van der Waals surface area contributed by atoms with Crippen LogP contribution in [0.25, 0.3) is 0 Å². The zero-order valence-corrected chi connectivity index (χ0v) is 19.8. The number of guanidine groups is 1. The van der Waals surface area contributed by atoms with Crippen molar-refractivity contribution < 1.29 is 0 Å². The summed E-state index contributed by atoms with van der Waals surface area (Å²) in [5, 5.41) is 3.51. The Balaban J connectivity index is 0.00000240. The van der Waals surface area contributed by atoms with Crippen LogP contribution in [0.4, 0.5) is 0 Å². The lowest BCUT2D eigenvalue weighted by molar-refractivity contribution is 0.309. The van der Waals surface area contributed by atoms with Gasteiger partial charge in [0.2, 0.25) is 0 Å². The van der Waals surface area contributed by atoms with Crippen molar-refractivity contribution in [3.63, 3.8) is 0 Å². The Labute approximate surface area is 192 Å². The van der Waals surface area contributed by atoms with Crippen molar-refractivity contribution in [2.45, 2.75) is 52.0 Å². The lowest BCUT2D eigenvalue weighted by atomic mass is 9.86. The Morgan fingerprint density at radius 2 is 1.97 bits per heavy atom. The minimum absolute atomic E-state index is 0. The summed E-state index contributed by atoms with van der Waals surface area (Å²) in [6, 6.07) is 10.6. The minimum atomic E-state index is 0. The van der Waals surface area contributed by atoms with E-state index in [1.54, 1.807) is 0 Å². The van der Waals surface area contributed by atoms with E-state index < -0.39 is 0 Å². The second kappa shape index (κ2) is 10.5. The van der Waals surface area contributed by atoms with Gasteiger partial charge < -0.3 is 14.8 Å². The number of hydrogen-bond donors (Lipinski definition) is 1. The fourth-order valence-corrected chi connectivity index (χ4v) is 4.83. The molecule has 1 aliphatic heterocycles. The Morgan fingerprint density at radius 1 is 1.17 bits per heavy atom. The van der Waals surface area contributed by atoms with Crippen LogP contribution in [-0.2, 0) is 13.0 Å². The quantitative estimate of drug-likeness (QED) is 0.360. The third-order valence-electron chi connectivity index (χ3n) is 6.33. The third-order valence-corrected chi connectivity index (χ3v) is 6.33. The number of aromatic nitrogens is 2. The number of aliphatic imine (C=N–C) groups is 1. The number of nitrogens with one attached hydrogen (secondary N) is 1. The number of benzene rings is 1. The number of imidazole rings is 1. The molecule has 2 aromatic rings. The van der Waals surface area contributed by atoms with Gasteiger partial charge in [0, 0.05) is 51.5 Å². The molecule has 1 aromatic heterocycles. The van der Waals surface area contributed by atoms with E-state index in [4.69, 9.17) is 4.99 Å². The molecule has 1 spiro atoms. The minimum Gasteiger partial charge on any atom is -0.357 e. The number of nitrogens with zero attached hydrogens (tertiary/aromatic N) is 4. The van der Waals surface area contributed by atoms with Crippen molar-refractivity contribution in [1.82, 2.24) is 19.8 Å². The standard InChI is InChI=1S/C23H33N5.HI/c1-2-24-22(28-16-13-23(19-28)11-6-7-12-23)26-14-10-21-25-15-17-27(21)18-20-8-4-3-5-9-20;/h3-5,8-9,15,17H,2,6-7,10-14,16,18-19H2,1H3,(H,24,26);1H. The SMILES string of the molecule is CCNC(=NCCc1nccn1Cc1ccccc1)N1CCC2(CCCC2)C1.I. The smallest absolute Gasteiger partial charge is 0.193 e. The Hall–Kier alpha value is -1.57. The zero-order valence-electron chi connectivity index (χ0n) is 17.5. The molecule has 0 unspecified atom stereocenters. The highest BCUT2D eigenvalue weighted by atomic mass is 127. The van der Waals surface area contributed by atoms with Gasteiger partial charge in [0.25, 0.3) is 0 Å². The van der Waals surface area contributed by atoms with Crippen LogP contribution in [-0.4, -0.2) is 46.6 Å². The maximum Gasteiger partial charge on any atom is 0.193 e. The molecule has 2 heterocycles. The van der Waals surface area contributed by atoms with E-state index in [9.17, 15) is 0 Å². The molecular formula is C23H34IN5. The molecule has 4 rings (SSSR count). The van der Waals surface area contributed by atoms with Crippen LogP contribution in [0.3, 0.4) is 0 Å². The summed E-state index contributed by atoms with van der Waals surface area (Å²) in [4.78, 5) is 12.0. The van der Waals surface area contributed by atoms with Gasteiger partial charge in [-0.2, -0.15) is 0 Å². The summed E-state index contributed by atoms with van der Waals surface area (Å²) in [7, 11) is 0. The predicted octanol–water partition coefficient (Wildman–Crippen LogP) is 4.32. The number of hydrogen-bond acceptors (Lipinski definition) is 2. The topological polar surface area (TPSA) is 45.5 Å². The largest absolute Gasteiger partial charge is 0.357 e. The fourth-order valence-electron chi connectivity index (χ4n) is 4.83. The Kier molecular flexibility index (Phi) is 7.98. The molecule has 0 atom stereocenters. The predicted molar refractivity (Wildman–Crippen MR) is 130 cm³/mol. The van der Waals surface area contributed by atoms with E-state index >= 15 is 0 Å². The van der Waals surface area contributed by atoms with Gasteiger partial charge in [-0.1, -0.05) is 43.2 Å². The molecule has 1 saturated carbocycles. The highest BCUT2D eigenvalue weighted by Crippen LogP contribution is 2.45. The Bertz CT molecular complexity index is 780. The molecule has 2 aliphatic rings. The summed E-state index contributed by atoms with van der Waals surface area (Å²) in [6.45, 7) is 7.05. The number of halogens is 1. The highest BCUT2D eigenvalue weighted by molar-refractivity contribution is 14.0. The van der Waals surface area contributed by atoms with E-state index in [1.165, 1.54) is 44.2 Å². The van der Waals surface area contributed by atoms with Crippen molar-refractivity contribution in [3.05, 3.63) is 54.1 Å². The molecular weight excluding hydrogens is 473 g/mol. The van der Waals surface area contributed by atoms with Gasteiger partial charge in [0.05, 0.1) is 0 Å². The van der Waals surface area contributed by atoms with Crippen LogP contribution in [0, 0.1) is 5.41 Å². The van der Waals surface area contributed by atoms with Crippen molar-refractivity contribution in [1.29, 1.82) is 0 Å². The molecule has 0 radical (unpaired) electrons. The number of rotatable bonds is 6. The van der Waals surface area contributed by atoms with Crippen LogP contribution in [0.5, 0.6) is 0 Å². The average molecular weight is 507 g/mol. The van der Waals surface area contributed by atoms with Crippen molar-refractivity contribution in [3.8, 4) is 0 Å². The first-order valence-electron chi connectivity index (χ1n) is 10.9. The van der Waals surface area contributed by atoms with Crippen LogP contribution < -0.4 is 5.32 Å². The summed E-state index contributed by atoms with van der Waals surface area (Å²) in [5.74, 6) is 2.20. The molecule has 1 saturated heterocycles. The van der Waals surface area contributed by atoms with E-state index in [2.05, 4.69) is 63.2 Å². The third kappa shape index (κ3) is 5.53. The Morgan fingerprint density at radius 3 is 2.72 bits per heavy atom. The first kappa shape index (κ1) is 22.1. The first-order valence-corrected chi connectivity index (χ1v) is 10.9. The van der Waals surface area contributed by atoms with E-state index in [0.29, 0.717) is 5.41 Å². The average Bonchev–Trinajstić information content (AvgIpc) is 3.45. The molecule has 1 aromatic carbocycles. The second-order valence-corrected chi connectivity index (χ2v) is 8.32. The maximum absolute atomic E-state index is 4.95. The maximum atomic E-state index is 4.95. The normalized spacial score (nSPS) is 18.2. The van der Waals surface area contributed by atoms with Crippen molar-refractivity contribution >= 4 is 29.9 Å². The van der Waals surface area contributed by atoms with Gasteiger partial charge in [-0.15, -0.1) is 24.0 Å². The van der Waals surface area contributed by atoms with E-state index in [0.717, 1.165) is 44.4 Å². The highest BCUT2D eigenvalue weighted by Gasteiger charge is 2.41. The van der Waals surface area contributed by atoms with E-state index in [-0.39, 0.29) is 24.0 Å². The summed E-state index contributed by atoms with van der Waals surface area (Å²) in [5.41, 5.74) is 1.87. The van der Waals surface area contributed by atoms with Crippen molar-refractivity contribution in [2.24, 2.45) is 10.4 Å². The molecule has 0 bridgehead atoms. The summed E-state index contributed by atoms with van der Waals surface area (Å²) >= 11 is 0. The summed E-state index contributed by atoms with van der Waals surface area (Å²) in [6.07, 6.45) is 11.8. The summed E-state index contributed by atoms with van der Waals surface area (Å²) < 4.78 is 2.24. The fraction of sp³-hybridized carbons (Fsp3) is 0.565. The van der Waals surface area contributed by atoms with Gasteiger partial charge in [-0.25, -0.2) is 4.98 Å². The van der Waals surface area contributed by atoms with Gasteiger partial charge in [0.1, 0.15) is 5.82 Å². The molecule has 6 heteroatoms. The lowest BCUT2D eigenvalue weighted by Gasteiger charge is -2.26. The molecule has 2 fully saturated rings. The molecule has 5 nitrogen and oxygen atoms in total. The molecule has 29 heavy (non-hydrogen) atoms. The van der Waals surface area contributed by atoms with Crippen LogP contribution >= 0.6 is 24.0 Å². The lowest BCUT2D eigenvalue weighted by Crippen LogP contribution is -2.41. The van der Waals surface area contributed by atoms with Crippen LogP contribution in [0.2, 0.25) is 0 Å². The van der Waals surface area contributed by atoms with Gasteiger partial charge in [0.15, 0.2) is 5.96 Å². The van der Waals surface area contributed by atoms with Crippen LogP contribution in [0.1, 0.15) is 50.4 Å². The monoisotopic (exact) mass is 507 g/mol. The molecule has 1 aliphatic carbocycles. The number of likely N-dealkylation sites (tertiary alicyclic amines) is 1. The van der Waals surface area contributed by atoms with E-state index in [1.807, 2.05) is 6.20 Å². The zero-order chi connectivity index (χ0) is 19.2. The molecule has 0 amide bonds. The second-order valence-electron chi connectivity index (χ2n) is 8.32. The van der Waals surface area contributed by atoms with Crippen molar-refractivity contribution in [2.75, 3.05) is 26.2 Å². The first-order chi connectivity index (χ1) is 13.8. The molecule has 158 valence electrons. The van der Waals surface area contributed by atoms with Crippen LogP contribution in [0.15, 0.2) is 47.7 Å². The van der Waals surface area contributed by atoms with Gasteiger partial charge in [-0.3, -0.25) is 4.99 Å². The molecule has 1 N–H and O–H groups in total.